The van der Waals surface area contributed by atoms with Crippen molar-refractivity contribution in [3.8, 4) is 0 Å². The van der Waals surface area contributed by atoms with Crippen molar-refractivity contribution in [1.29, 1.82) is 0 Å². The van der Waals surface area contributed by atoms with E-state index in [1.165, 1.54) is 6.33 Å². The maximum absolute atomic E-state index is 11.6. The van der Waals surface area contributed by atoms with Crippen molar-refractivity contribution in [3.63, 3.8) is 0 Å². The van der Waals surface area contributed by atoms with E-state index in [9.17, 15) is 10.1 Å². The molecule has 0 aliphatic carbocycles. The van der Waals surface area contributed by atoms with Gasteiger partial charge in [0.2, 0.25) is 11.6 Å². The molecule has 0 atom stereocenters. The SMILES string of the molecule is Cc1ccccc1Nc1ncnc(N2CCCCC2)c1[N+](=O)[O-]. The maximum atomic E-state index is 11.6. The molecule has 7 nitrogen and oxygen atoms in total. The molecule has 1 aromatic heterocycles. The summed E-state index contributed by atoms with van der Waals surface area (Å²) in [6.07, 6.45) is 4.60. The lowest BCUT2D eigenvalue weighted by Gasteiger charge is -2.27. The molecule has 1 saturated heterocycles. The summed E-state index contributed by atoms with van der Waals surface area (Å²) >= 11 is 0. The van der Waals surface area contributed by atoms with E-state index >= 15 is 0 Å². The standard InChI is InChI=1S/C16H19N5O2/c1-12-7-3-4-8-13(12)19-15-14(21(22)23)16(18-11-17-15)20-9-5-2-6-10-20/h3-4,7-8,11H,2,5-6,9-10H2,1H3,(H,17,18,19). The lowest BCUT2D eigenvalue weighted by atomic mass is 10.1. The average molecular weight is 313 g/mol. The van der Waals surface area contributed by atoms with Gasteiger partial charge in [-0.15, -0.1) is 0 Å². The van der Waals surface area contributed by atoms with Crippen LogP contribution in [0.5, 0.6) is 0 Å². The number of aryl methyl sites for hydroxylation is 1. The highest BCUT2D eigenvalue weighted by Crippen LogP contribution is 2.35. The summed E-state index contributed by atoms with van der Waals surface area (Å²) in [7, 11) is 0. The normalized spacial score (nSPS) is 14.6. The molecule has 2 heterocycles. The largest absolute Gasteiger partial charge is 0.353 e. The van der Waals surface area contributed by atoms with Crippen molar-refractivity contribution in [2.75, 3.05) is 23.3 Å². The highest BCUT2D eigenvalue weighted by Gasteiger charge is 2.28. The van der Waals surface area contributed by atoms with Crippen LogP contribution >= 0.6 is 0 Å². The molecule has 23 heavy (non-hydrogen) atoms. The van der Waals surface area contributed by atoms with E-state index in [0.717, 1.165) is 43.6 Å². The van der Waals surface area contributed by atoms with Gasteiger partial charge in [0.05, 0.1) is 4.92 Å². The van der Waals surface area contributed by atoms with Crippen LogP contribution in [0.4, 0.5) is 23.0 Å². The van der Waals surface area contributed by atoms with Gasteiger partial charge in [0.15, 0.2) is 0 Å². The molecule has 1 N–H and O–H groups in total. The molecule has 1 aliphatic rings. The minimum absolute atomic E-state index is 0.0577. The molecule has 7 heteroatoms. The van der Waals surface area contributed by atoms with E-state index in [0.29, 0.717) is 5.82 Å². The van der Waals surface area contributed by atoms with Crippen LogP contribution in [0.25, 0.3) is 0 Å². The van der Waals surface area contributed by atoms with Gasteiger partial charge in [0.1, 0.15) is 6.33 Å². The number of benzene rings is 1. The Labute approximate surface area is 134 Å². The summed E-state index contributed by atoms with van der Waals surface area (Å²) in [5.41, 5.74) is 1.75. The highest BCUT2D eigenvalue weighted by molar-refractivity contribution is 5.75. The third-order valence-corrected chi connectivity index (χ3v) is 4.04. The fourth-order valence-electron chi connectivity index (χ4n) is 2.81. The Morgan fingerprint density at radius 1 is 1.17 bits per heavy atom. The molecule has 1 fully saturated rings. The Morgan fingerprint density at radius 2 is 1.91 bits per heavy atom. The first kappa shape index (κ1) is 15.2. The van der Waals surface area contributed by atoms with E-state index in [1.807, 2.05) is 36.1 Å². The molecule has 0 saturated carbocycles. The Bertz CT molecular complexity index is 713. The van der Waals surface area contributed by atoms with Gasteiger partial charge in [-0.1, -0.05) is 18.2 Å². The molecule has 0 spiro atoms. The highest BCUT2D eigenvalue weighted by atomic mass is 16.6. The van der Waals surface area contributed by atoms with Gasteiger partial charge in [-0.25, -0.2) is 9.97 Å². The number of nitrogens with one attached hydrogen (secondary N) is 1. The van der Waals surface area contributed by atoms with Crippen LogP contribution in [-0.4, -0.2) is 28.0 Å². The van der Waals surface area contributed by atoms with Crippen LogP contribution < -0.4 is 10.2 Å². The molecule has 0 amide bonds. The van der Waals surface area contributed by atoms with Gasteiger partial charge in [-0.2, -0.15) is 0 Å². The predicted molar refractivity (Wildman–Crippen MR) is 89.2 cm³/mol. The third kappa shape index (κ3) is 3.23. The van der Waals surface area contributed by atoms with Gasteiger partial charge in [-0.3, -0.25) is 10.1 Å². The Morgan fingerprint density at radius 3 is 2.61 bits per heavy atom. The van der Waals surface area contributed by atoms with Crippen LogP contribution in [0.1, 0.15) is 24.8 Å². The summed E-state index contributed by atoms with van der Waals surface area (Å²) < 4.78 is 0. The Kier molecular flexibility index (Phi) is 4.36. The zero-order valence-corrected chi connectivity index (χ0v) is 13.0. The van der Waals surface area contributed by atoms with Crippen LogP contribution in [0.15, 0.2) is 30.6 Å². The molecular weight excluding hydrogens is 294 g/mol. The topological polar surface area (TPSA) is 84.2 Å². The van der Waals surface area contributed by atoms with Gasteiger partial charge < -0.3 is 10.2 Å². The Hall–Kier alpha value is -2.70. The molecule has 1 aromatic carbocycles. The van der Waals surface area contributed by atoms with Crippen LogP contribution in [-0.2, 0) is 0 Å². The lowest BCUT2D eigenvalue weighted by molar-refractivity contribution is -0.383. The van der Waals surface area contributed by atoms with E-state index in [1.54, 1.807) is 0 Å². The van der Waals surface area contributed by atoms with Crippen molar-refractivity contribution in [2.45, 2.75) is 26.2 Å². The third-order valence-electron chi connectivity index (χ3n) is 4.04. The monoisotopic (exact) mass is 313 g/mol. The van der Waals surface area contributed by atoms with Crippen LogP contribution in [0.2, 0.25) is 0 Å². The molecular formula is C16H19N5O2. The summed E-state index contributed by atoms with van der Waals surface area (Å²) in [6, 6.07) is 7.63. The number of aromatic nitrogens is 2. The van der Waals surface area contributed by atoms with Crippen molar-refractivity contribution >= 4 is 23.0 Å². The van der Waals surface area contributed by atoms with E-state index in [-0.39, 0.29) is 11.5 Å². The Balaban J connectivity index is 2.00. The van der Waals surface area contributed by atoms with Gasteiger partial charge in [0.25, 0.3) is 0 Å². The minimum Gasteiger partial charge on any atom is -0.351 e. The zero-order chi connectivity index (χ0) is 16.2. The van der Waals surface area contributed by atoms with Crippen LogP contribution in [0, 0.1) is 17.0 Å². The predicted octanol–water partition coefficient (Wildman–Crippen LogP) is 3.43. The number of nitrogens with zero attached hydrogens (tertiary/aromatic N) is 4. The molecule has 0 bridgehead atoms. The molecule has 1 aliphatic heterocycles. The van der Waals surface area contributed by atoms with E-state index in [4.69, 9.17) is 0 Å². The van der Waals surface area contributed by atoms with Gasteiger partial charge in [-0.05, 0) is 37.8 Å². The molecule has 0 radical (unpaired) electrons. The van der Waals surface area contributed by atoms with Gasteiger partial charge in [0, 0.05) is 18.8 Å². The quantitative estimate of drug-likeness (QED) is 0.687. The summed E-state index contributed by atoms with van der Waals surface area (Å²) in [4.78, 5) is 21.5. The fourth-order valence-corrected chi connectivity index (χ4v) is 2.81. The van der Waals surface area contributed by atoms with Crippen molar-refractivity contribution < 1.29 is 4.92 Å². The summed E-state index contributed by atoms with van der Waals surface area (Å²) in [5, 5.41) is 14.7. The number of para-hydroxylation sites is 1. The van der Waals surface area contributed by atoms with Crippen LogP contribution in [0.3, 0.4) is 0 Å². The number of hydrogen-bond donors (Lipinski definition) is 1. The first-order valence-electron chi connectivity index (χ1n) is 7.74. The van der Waals surface area contributed by atoms with Crippen molar-refractivity contribution in [3.05, 3.63) is 46.3 Å². The second-order valence-corrected chi connectivity index (χ2v) is 5.64. The second-order valence-electron chi connectivity index (χ2n) is 5.64. The van der Waals surface area contributed by atoms with E-state index < -0.39 is 4.92 Å². The molecule has 2 aromatic rings. The lowest BCUT2D eigenvalue weighted by Crippen LogP contribution is -2.31. The number of hydrogen-bond acceptors (Lipinski definition) is 6. The zero-order valence-electron chi connectivity index (χ0n) is 13.0. The summed E-state index contributed by atoms with van der Waals surface area (Å²) in [5.74, 6) is 0.639. The first-order chi connectivity index (χ1) is 11.2. The fraction of sp³-hybridized carbons (Fsp3) is 0.375. The summed E-state index contributed by atoms with van der Waals surface area (Å²) in [6.45, 7) is 3.53. The minimum atomic E-state index is -0.398. The smallest absolute Gasteiger partial charge is 0.351 e. The molecule has 0 unspecified atom stereocenters. The second kappa shape index (κ2) is 6.60. The van der Waals surface area contributed by atoms with E-state index in [2.05, 4.69) is 15.3 Å². The number of piperidine rings is 1. The average Bonchev–Trinajstić information content (AvgIpc) is 2.57. The van der Waals surface area contributed by atoms with Crippen molar-refractivity contribution in [1.82, 2.24) is 9.97 Å². The number of anilines is 3. The first-order valence-corrected chi connectivity index (χ1v) is 7.74. The molecule has 120 valence electrons. The van der Waals surface area contributed by atoms with Crippen molar-refractivity contribution in [2.24, 2.45) is 0 Å². The van der Waals surface area contributed by atoms with Gasteiger partial charge >= 0.3 is 5.69 Å². The number of nitro groups is 1. The number of rotatable bonds is 4. The molecule has 3 rings (SSSR count). The maximum Gasteiger partial charge on any atom is 0.353 e.